The molecule has 4 heteroatoms. The number of hydrogen-bond donors (Lipinski definition) is 1. The highest BCUT2D eigenvalue weighted by atomic mass is 16.2. The van der Waals surface area contributed by atoms with Gasteiger partial charge in [-0.2, -0.15) is 0 Å². The number of fused-ring (bicyclic) bond motifs is 1. The zero-order valence-electron chi connectivity index (χ0n) is 9.10. The summed E-state index contributed by atoms with van der Waals surface area (Å²) in [5, 5.41) is 2.92. The van der Waals surface area contributed by atoms with Crippen molar-refractivity contribution in [3.8, 4) is 0 Å². The molecule has 82 valence electrons. The second kappa shape index (κ2) is 3.33. The molecule has 0 unspecified atom stereocenters. The average molecular weight is 215 g/mol. The molecule has 2 aromatic rings. The Bertz CT molecular complexity index is 554. The van der Waals surface area contributed by atoms with Crippen molar-refractivity contribution < 1.29 is 4.79 Å². The number of anilines is 1. The van der Waals surface area contributed by atoms with E-state index >= 15 is 0 Å². The molecule has 3 rings (SSSR count). The third kappa shape index (κ3) is 1.66. The lowest BCUT2D eigenvalue weighted by Gasteiger charge is -2.04. The Balaban J connectivity index is 1.88. The summed E-state index contributed by atoms with van der Waals surface area (Å²) in [5.41, 5.74) is 2.72. The van der Waals surface area contributed by atoms with Crippen LogP contribution in [-0.4, -0.2) is 15.3 Å². The lowest BCUT2D eigenvalue weighted by molar-refractivity contribution is -0.117. The van der Waals surface area contributed by atoms with Crippen LogP contribution < -0.4 is 5.32 Å². The van der Waals surface area contributed by atoms with E-state index in [0.29, 0.717) is 0 Å². The first-order valence-corrected chi connectivity index (χ1v) is 5.48. The number of aromatic nitrogens is 2. The average Bonchev–Trinajstić information content (AvgIpc) is 3.01. The molecule has 1 N–H and O–H groups in total. The van der Waals surface area contributed by atoms with Gasteiger partial charge in [0.2, 0.25) is 5.91 Å². The van der Waals surface area contributed by atoms with Crippen LogP contribution in [0.15, 0.2) is 24.5 Å². The van der Waals surface area contributed by atoms with E-state index in [1.165, 1.54) is 0 Å². The first-order valence-electron chi connectivity index (χ1n) is 5.48. The van der Waals surface area contributed by atoms with Crippen LogP contribution >= 0.6 is 0 Å². The molecule has 0 atom stereocenters. The van der Waals surface area contributed by atoms with Gasteiger partial charge in [0.25, 0.3) is 0 Å². The Labute approximate surface area is 93.3 Å². The Morgan fingerprint density at radius 2 is 2.25 bits per heavy atom. The molecular weight excluding hydrogens is 202 g/mol. The van der Waals surface area contributed by atoms with Gasteiger partial charge in [0.15, 0.2) is 0 Å². The van der Waals surface area contributed by atoms with E-state index in [1.807, 2.05) is 35.9 Å². The van der Waals surface area contributed by atoms with E-state index in [2.05, 4.69) is 10.3 Å². The summed E-state index contributed by atoms with van der Waals surface area (Å²) in [6, 6.07) is 3.80. The number of nitrogens with zero attached hydrogens (tertiary/aromatic N) is 2. The number of carbonyl (C=O) groups is 1. The van der Waals surface area contributed by atoms with E-state index in [0.717, 1.165) is 29.9 Å². The van der Waals surface area contributed by atoms with Crippen molar-refractivity contribution in [1.29, 1.82) is 0 Å². The summed E-state index contributed by atoms with van der Waals surface area (Å²) in [5.74, 6) is 0.372. The second-order valence-electron chi connectivity index (χ2n) is 4.33. The highest BCUT2D eigenvalue weighted by molar-refractivity contribution is 5.94. The molecule has 0 bridgehead atoms. The minimum Gasteiger partial charge on any atom is -0.325 e. The van der Waals surface area contributed by atoms with Crippen LogP contribution in [0.3, 0.4) is 0 Å². The van der Waals surface area contributed by atoms with Crippen LogP contribution in [0.5, 0.6) is 0 Å². The molecule has 1 aliphatic carbocycles. The highest BCUT2D eigenvalue weighted by Gasteiger charge is 2.29. The lowest BCUT2D eigenvalue weighted by Crippen LogP contribution is -2.13. The summed E-state index contributed by atoms with van der Waals surface area (Å²) in [6.45, 7) is 1.95. The second-order valence-corrected chi connectivity index (χ2v) is 4.33. The van der Waals surface area contributed by atoms with Gasteiger partial charge in [0, 0.05) is 18.3 Å². The fraction of sp³-hybridized carbons (Fsp3) is 0.333. The van der Waals surface area contributed by atoms with Crippen molar-refractivity contribution >= 4 is 17.2 Å². The molecule has 1 aliphatic rings. The fourth-order valence-electron chi connectivity index (χ4n) is 1.78. The number of aryl methyl sites for hydroxylation is 1. The predicted molar refractivity (Wildman–Crippen MR) is 61.3 cm³/mol. The standard InChI is InChI=1S/C12H13N3O/c1-8-6-15-7-10(4-5-11(15)13-8)14-12(16)9-2-3-9/h4-7,9H,2-3H2,1H3,(H,14,16). The normalized spacial score (nSPS) is 15.3. The van der Waals surface area contributed by atoms with Crippen molar-refractivity contribution in [1.82, 2.24) is 9.38 Å². The molecular formula is C12H13N3O. The molecule has 0 radical (unpaired) electrons. The number of nitrogens with one attached hydrogen (secondary N) is 1. The fourth-order valence-corrected chi connectivity index (χ4v) is 1.78. The summed E-state index contributed by atoms with van der Waals surface area (Å²) in [4.78, 5) is 15.9. The molecule has 1 amide bonds. The minimum absolute atomic E-state index is 0.135. The van der Waals surface area contributed by atoms with E-state index in [4.69, 9.17) is 0 Å². The maximum absolute atomic E-state index is 11.6. The topological polar surface area (TPSA) is 46.4 Å². The quantitative estimate of drug-likeness (QED) is 0.832. The third-order valence-electron chi connectivity index (χ3n) is 2.79. The van der Waals surface area contributed by atoms with Gasteiger partial charge >= 0.3 is 0 Å². The number of pyridine rings is 1. The van der Waals surface area contributed by atoms with Crippen LogP contribution in [0.4, 0.5) is 5.69 Å². The number of rotatable bonds is 2. The molecule has 2 heterocycles. The van der Waals surface area contributed by atoms with Crippen molar-refractivity contribution in [3.05, 3.63) is 30.2 Å². The molecule has 2 aromatic heterocycles. The predicted octanol–water partition coefficient (Wildman–Crippen LogP) is 1.99. The lowest BCUT2D eigenvalue weighted by atomic mass is 10.3. The van der Waals surface area contributed by atoms with E-state index in [9.17, 15) is 4.79 Å². The summed E-state index contributed by atoms with van der Waals surface area (Å²) < 4.78 is 1.93. The summed E-state index contributed by atoms with van der Waals surface area (Å²) in [6.07, 6.45) is 5.90. The minimum atomic E-state index is 0.135. The summed E-state index contributed by atoms with van der Waals surface area (Å²) in [7, 11) is 0. The largest absolute Gasteiger partial charge is 0.325 e. The monoisotopic (exact) mass is 215 g/mol. The molecule has 1 saturated carbocycles. The van der Waals surface area contributed by atoms with Gasteiger partial charge in [-0.25, -0.2) is 4.98 Å². The molecule has 1 fully saturated rings. The van der Waals surface area contributed by atoms with Crippen LogP contribution in [0.25, 0.3) is 5.65 Å². The Kier molecular flexibility index (Phi) is 1.96. The van der Waals surface area contributed by atoms with Gasteiger partial charge in [-0.1, -0.05) is 0 Å². The zero-order valence-corrected chi connectivity index (χ0v) is 9.10. The van der Waals surface area contributed by atoms with Crippen molar-refractivity contribution in [2.45, 2.75) is 19.8 Å². The Morgan fingerprint density at radius 3 is 3.00 bits per heavy atom. The summed E-state index contributed by atoms with van der Waals surface area (Å²) >= 11 is 0. The van der Waals surface area contributed by atoms with Crippen molar-refractivity contribution in [3.63, 3.8) is 0 Å². The maximum atomic E-state index is 11.6. The highest BCUT2D eigenvalue weighted by Crippen LogP contribution is 2.30. The number of amides is 1. The van der Waals surface area contributed by atoms with Gasteiger partial charge < -0.3 is 9.72 Å². The van der Waals surface area contributed by atoms with Gasteiger partial charge in [-0.05, 0) is 31.9 Å². The van der Waals surface area contributed by atoms with E-state index in [-0.39, 0.29) is 11.8 Å². The van der Waals surface area contributed by atoms with E-state index < -0.39 is 0 Å². The Hall–Kier alpha value is -1.84. The first-order chi connectivity index (χ1) is 7.72. The molecule has 16 heavy (non-hydrogen) atoms. The molecule has 0 saturated heterocycles. The van der Waals surface area contributed by atoms with Gasteiger partial charge in [-0.15, -0.1) is 0 Å². The molecule has 0 aromatic carbocycles. The number of carbonyl (C=O) groups excluding carboxylic acids is 1. The molecule has 0 aliphatic heterocycles. The maximum Gasteiger partial charge on any atom is 0.227 e. The first kappa shape index (κ1) is 9.39. The Morgan fingerprint density at radius 1 is 1.44 bits per heavy atom. The SMILES string of the molecule is Cc1cn2cc(NC(=O)C3CC3)ccc2n1. The molecule has 0 spiro atoms. The molecule has 4 nitrogen and oxygen atoms in total. The number of hydrogen-bond acceptors (Lipinski definition) is 2. The van der Waals surface area contributed by atoms with Crippen LogP contribution in [0, 0.1) is 12.8 Å². The van der Waals surface area contributed by atoms with Gasteiger partial charge in [0.05, 0.1) is 11.4 Å². The van der Waals surface area contributed by atoms with Gasteiger partial charge in [0.1, 0.15) is 5.65 Å². The van der Waals surface area contributed by atoms with Crippen molar-refractivity contribution in [2.75, 3.05) is 5.32 Å². The van der Waals surface area contributed by atoms with Crippen LogP contribution in [-0.2, 0) is 4.79 Å². The zero-order chi connectivity index (χ0) is 11.1. The smallest absolute Gasteiger partial charge is 0.227 e. The van der Waals surface area contributed by atoms with Crippen molar-refractivity contribution in [2.24, 2.45) is 5.92 Å². The van der Waals surface area contributed by atoms with Gasteiger partial charge in [-0.3, -0.25) is 4.79 Å². The van der Waals surface area contributed by atoms with E-state index in [1.54, 1.807) is 0 Å². The third-order valence-corrected chi connectivity index (χ3v) is 2.79. The number of imidazole rings is 1. The van der Waals surface area contributed by atoms with Crippen LogP contribution in [0.1, 0.15) is 18.5 Å². The van der Waals surface area contributed by atoms with Crippen LogP contribution in [0.2, 0.25) is 0 Å².